The van der Waals surface area contributed by atoms with Crippen LogP contribution >= 0.6 is 0 Å². The predicted molar refractivity (Wildman–Crippen MR) is 74.6 cm³/mol. The minimum Gasteiger partial charge on any atom is -0.358 e. The molecule has 0 radical (unpaired) electrons. The quantitative estimate of drug-likeness (QED) is 0.678. The summed E-state index contributed by atoms with van der Waals surface area (Å²) in [4.78, 5) is 4.91. The fraction of sp³-hybridized carbons (Fsp3) is 0.600. The molecule has 17 heavy (non-hydrogen) atoms. The molecule has 3 rings (SSSR count). The lowest BCUT2D eigenvalue weighted by molar-refractivity contribution is 0.268. The van der Waals surface area contributed by atoms with E-state index in [0.717, 1.165) is 0 Å². The van der Waals surface area contributed by atoms with E-state index in [1.54, 1.807) is 0 Å². The predicted octanol–water partition coefficient (Wildman–Crippen LogP) is 3.08. The molecule has 1 aromatic rings. The zero-order valence-corrected chi connectivity index (χ0v) is 11.7. The van der Waals surface area contributed by atoms with Crippen LogP contribution in [0.1, 0.15) is 32.8 Å². The molecule has 0 saturated carbocycles. The lowest BCUT2D eigenvalue weighted by Gasteiger charge is -2.32. The van der Waals surface area contributed by atoms with Crippen molar-refractivity contribution in [2.24, 2.45) is 0 Å². The van der Waals surface area contributed by atoms with Crippen LogP contribution in [0.4, 0.5) is 5.69 Å². The number of fused-ring (bicyclic) bond motifs is 3. The summed E-state index contributed by atoms with van der Waals surface area (Å²) in [6.07, 6.45) is 1.82. The number of anilines is 1. The van der Waals surface area contributed by atoms with Gasteiger partial charge >= 0.3 is 0 Å². The van der Waals surface area contributed by atoms with E-state index in [-0.39, 0.29) is 0 Å². The molecule has 0 N–H and O–H groups in total. The highest BCUT2D eigenvalue weighted by atomic mass is 15.4. The van der Waals surface area contributed by atoms with Crippen LogP contribution in [-0.2, 0) is 5.41 Å². The van der Waals surface area contributed by atoms with Gasteiger partial charge in [-0.15, -0.1) is 0 Å². The standard InChI is InChI=1S/C13H18N2.C2H6/c1-13-8-9-14(2)12(13)15(3)11-7-5-4-6-10(11)13;1-2/h4-7,12H,8-9H2,1-3H3;1-2H3/t12-,13+;/m0./s1. The monoisotopic (exact) mass is 232 g/mol. The first-order valence-corrected chi connectivity index (χ1v) is 6.67. The van der Waals surface area contributed by atoms with Crippen LogP contribution in [0.5, 0.6) is 0 Å². The number of likely N-dealkylation sites (N-methyl/N-ethyl adjacent to an activating group) is 2. The fourth-order valence-corrected chi connectivity index (χ4v) is 3.54. The zero-order chi connectivity index (χ0) is 12.6. The molecule has 1 saturated heterocycles. The van der Waals surface area contributed by atoms with Gasteiger partial charge in [-0.1, -0.05) is 39.0 Å². The third-order valence-corrected chi connectivity index (χ3v) is 4.24. The van der Waals surface area contributed by atoms with Crippen molar-refractivity contribution >= 4 is 5.69 Å². The normalized spacial score (nSPS) is 30.6. The Morgan fingerprint density at radius 2 is 1.82 bits per heavy atom. The molecule has 94 valence electrons. The zero-order valence-electron chi connectivity index (χ0n) is 11.7. The van der Waals surface area contributed by atoms with Crippen molar-refractivity contribution in [3.8, 4) is 0 Å². The lowest BCUT2D eigenvalue weighted by Crippen LogP contribution is -2.45. The van der Waals surface area contributed by atoms with Crippen molar-refractivity contribution in [3.05, 3.63) is 29.8 Å². The van der Waals surface area contributed by atoms with Crippen molar-refractivity contribution in [3.63, 3.8) is 0 Å². The molecule has 2 heterocycles. The van der Waals surface area contributed by atoms with E-state index in [4.69, 9.17) is 0 Å². The summed E-state index contributed by atoms with van der Waals surface area (Å²) >= 11 is 0. The summed E-state index contributed by atoms with van der Waals surface area (Å²) in [6, 6.07) is 8.84. The van der Waals surface area contributed by atoms with Gasteiger partial charge in [0.2, 0.25) is 0 Å². The maximum absolute atomic E-state index is 2.47. The number of rotatable bonds is 0. The number of benzene rings is 1. The van der Waals surface area contributed by atoms with E-state index < -0.39 is 0 Å². The van der Waals surface area contributed by atoms with Crippen LogP contribution in [0.25, 0.3) is 0 Å². The van der Waals surface area contributed by atoms with E-state index in [1.807, 2.05) is 13.8 Å². The van der Waals surface area contributed by atoms with Crippen LogP contribution < -0.4 is 4.90 Å². The smallest absolute Gasteiger partial charge is 0.0911 e. The molecular formula is C15H24N2. The molecule has 2 aliphatic heterocycles. The van der Waals surface area contributed by atoms with Gasteiger partial charge in [-0.2, -0.15) is 0 Å². The van der Waals surface area contributed by atoms with E-state index in [0.29, 0.717) is 11.6 Å². The minimum absolute atomic E-state index is 0.333. The van der Waals surface area contributed by atoms with Gasteiger partial charge in [0.1, 0.15) is 0 Å². The van der Waals surface area contributed by atoms with Crippen LogP contribution in [-0.4, -0.2) is 31.7 Å². The fourth-order valence-electron chi connectivity index (χ4n) is 3.54. The maximum Gasteiger partial charge on any atom is 0.0911 e. The highest BCUT2D eigenvalue weighted by molar-refractivity contribution is 5.64. The van der Waals surface area contributed by atoms with Crippen molar-refractivity contribution in [1.29, 1.82) is 0 Å². The lowest BCUT2D eigenvalue weighted by atomic mass is 9.81. The highest BCUT2D eigenvalue weighted by Gasteiger charge is 2.51. The molecule has 0 aliphatic carbocycles. The number of para-hydroxylation sites is 1. The molecule has 2 nitrogen and oxygen atoms in total. The van der Waals surface area contributed by atoms with Crippen molar-refractivity contribution in [2.45, 2.75) is 38.8 Å². The Morgan fingerprint density at radius 3 is 2.53 bits per heavy atom. The maximum atomic E-state index is 2.47. The Bertz CT molecular complexity index is 402. The third-order valence-electron chi connectivity index (χ3n) is 4.24. The Balaban J connectivity index is 0.000000514. The molecule has 0 spiro atoms. The van der Waals surface area contributed by atoms with Crippen molar-refractivity contribution in [1.82, 2.24) is 4.90 Å². The number of hydrogen-bond donors (Lipinski definition) is 0. The Morgan fingerprint density at radius 1 is 1.18 bits per heavy atom. The Hall–Kier alpha value is -1.02. The molecule has 0 aromatic heterocycles. The second kappa shape index (κ2) is 4.34. The summed E-state index contributed by atoms with van der Waals surface area (Å²) < 4.78 is 0. The molecular weight excluding hydrogens is 208 g/mol. The van der Waals surface area contributed by atoms with Gasteiger partial charge in [-0.25, -0.2) is 0 Å². The van der Waals surface area contributed by atoms with Gasteiger partial charge in [0.25, 0.3) is 0 Å². The van der Waals surface area contributed by atoms with Gasteiger partial charge in [0, 0.05) is 24.7 Å². The highest BCUT2D eigenvalue weighted by Crippen LogP contribution is 2.50. The first kappa shape index (κ1) is 12.4. The Labute approximate surface area is 105 Å². The molecule has 0 bridgehead atoms. The Kier molecular flexibility index (Phi) is 3.17. The third kappa shape index (κ3) is 1.58. The number of nitrogens with zero attached hydrogens (tertiary/aromatic N) is 2. The van der Waals surface area contributed by atoms with Gasteiger partial charge < -0.3 is 4.90 Å². The first-order chi connectivity index (χ1) is 8.14. The molecule has 0 amide bonds. The van der Waals surface area contributed by atoms with Crippen LogP contribution in [0.3, 0.4) is 0 Å². The SMILES string of the molecule is CC.CN1CC[C@]2(C)c3ccccc3N(C)[C@H]12. The summed E-state index contributed by atoms with van der Waals surface area (Å²) in [5.41, 5.74) is 3.28. The topological polar surface area (TPSA) is 6.48 Å². The summed E-state index contributed by atoms with van der Waals surface area (Å²) in [5, 5.41) is 0. The van der Waals surface area contributed by atoms with Crippen LogP contribution in [0.2, 0.25) is 0 Å². The van der Waals surface area contributed by atoms with Crippen LogP contribution in [0, 0.1) is 0 Å². The second-order valence-corrected chi connectivity index (χ2v) is 5.15. The van der Waals surface area contributed by atoms with Crippen molar-refractivity contribution < 1.29 is 0 Å². The van der Waals surface area contributed by atoms with Gasteiger partial charge in [-0.3, -0.25) is 4.90 Å². The van der Waals surface area contributed by atoms with Gasteiger partial charge in [-0.05, 0) is 25.1 Å². The minimum atomic E-state index is 0.333. The summed E-state index contributed by atoms with van der Waals surface area (Å²) in [6.45, 7) is 7.61. The summed E-state index contributed by atoms with van der Waals surface area (Å²) in [5.74, 6) is 0. The van der Waals surface area contributed by atoms with E-state index in [9.17, 15) is 0 Å². The summed E-state index contributed by atoms with van der Waals surface area (Å²) in [7, 11) is 4.45. The average molecular weight is 232 g/mol. The van der Waals surface area contributed by atoms with Gasteiger partial charge in [0.05, 0.1) is 6.17 Å². The first-order valence-electron chi connectivity index (χ1n) is 6.67. The largest absolute Gasteiger partial charge is 0.358 e. The number of likely N-dealkylation sites (tertiary alicyclic amines) is 1. The molecule has 2 heteroatoms. The van der Waals surface area contributed by atoms with Crippen LogP contribution in [0.15, 0.2) is 24.3 Å². The molecule has 1 aromatic carbocycles. The average Bonchev–Trinajstić information content (AvgIpc) is 2.79. The molecule has 2 atom stereocenters. The van der Waals surface area contributed by atoms with E-state index in [1.165, 1.54) is 24.2 Å². The molecule has 2 aliphatic rings. The molecule has 1 fully saturated rings. The van der Waals surface area contributed by atoms with E-state index in [2.05, 4.69) is 55.1 Å². The molecule has 0 unspecified atom stereocenters. The van der Waals surface area contributed by atoms with Crippen molar-refractivity contribution in [2.75, 3.05) is 25.5 Å². The number of hydrogen-bond acceptors (Lipinski definition) is 2. The van der Waals surface area contributed by atoms with Gasteiger partial charge in [0.15, 0.2) is 0 Å². The van der Waals surface area contributed by atoms with E-state index >= 15 is 0 Å². The second-order valence-electron chi connectivity index (χ2n) is 5.15.